The third-order valence-electron chi connectivity index (χ3n) is 2.67. The highest BCUT2D eigenvalue weighted by Gasteiger charge is 2.15. The summed E-state index contributed by atoms with van der Waals surface area (Å²) in [4.78, 5) is 13.6. The molecule has 0 saturated carbocycles. The normalized spacial score (nSPS) is 16.4. The highest BCUT2D eigenvalue weighted by molar-refractivity contribution is 7.07. The van der Waals surface area contributed by atoms with Crippen molar-refractivity contribution in [2.45, 2.75) is 25.8 Å². The first kappa shape index (κ1) is 10.5. The number of carbonyl (C=O) groups excluding carboxylic acids is 1. The number of hydrogen-bond acceptors (Lipinski definition) is 2. The number of thiophene rings is 1. The maximum absolute atomic E-state index is 11.7. The molecule has 15 heavy (non-hydrogen) atoms. The van der Waals surface area contributed by atoms with E-state index >= 15 is 0 Å². The summed E-state index contributed by atoms with van der Waals surface area (Å²) >= 11 is 1.66. The summed E-state index contributed by atoms with van der Waals surface area (Å²) in [7, 11) is 0. The van der Waals surface area contributed by atoms with Gasteiger partial charge < -0.3 is 10.2 Å². The standard InChI is InChI=1S/C11H16N2OS/c14-11(13-5-2-1-3-6-13)12-8-10-4-7-15-9-10/h4,7,9H,1-3,5-6,8H2,(H,12,14). The molecule has 1 fully saturated rings. The second-order valence-corrected chi connectivity index (χ2v) is 4.62. The van der Waals surface area contributed by atoms with Crippen molar-refractivity contribution in [3.63, 3.8) is 0 Å². The molecular weight excluding hydrogens is 208 g/mol. The number of nitrogens with one attached hydrogen (secondary N) is 1. The van der Waals surface area contributed by atoms with Crippen molar-refractivity contribution in [2.75, 3.05) is 13.1 Å². The van der Waals surface area contributed by atoms with E-state index in [-0.39, 0.29) is 6.03 Å². The van der Waals surface area contributed by atoms with Crippen LogP contribution in [0.15, 0.2) is 16.8 Å². The average Bonchev–Trinajstić information content (AvgIpc) is 2.80. The summed E-state index contributed by atoms with van der Waals surface area (Å²) in [5.41, 5.74) is 1.19. The van der Waals surface area contributed by atoms with E-state index in [1.165, 1.54) is 12.0 Å². The van der Waals surface area contributed by atoms with Crippen LogP contribution < -0.4 is 5.32 Å². The lowest BCUT2D eigenvalue weighted by atomic mass is 10.1. The van der Waals surface area contributed by atoms with Gasteiger partial charge in [0.25, 0.3) is 0 Å². The van der Waals surface area contributed by atoms with Crippen LogP contribution in [0.25, 0.3) is 0 Å². The highest BCUT2D eigenvalue weighted by atomic mass is 32.1. The van der Waals surface area contributed by atoms with Gasteiger partial charge in [-0.1, -0.05) is 0 Å². The maximum atomic E-state index is 11.7. The first-order valence-corrected chi connectivity index (χ1v) is 6.34. The van der Waals surface area contributed by atoms with Gasteiger partial charge in [-0.3, -0.25) is 0 Å². The van der Waals surface area contributed by atoms with Crippen LogP contribution in [0.2, 0.25) is 0 Å². The second-order valence-electron chi connectivity index (χ2n) is 3.84. The van der Waals surface area contributed by atoms with E-state index in [2.05, 4.69) is 10.7 Å². The Morgan fingerprint density at radius 1 is 1.40 bits per heavy atom. The van der Waals surface area contributed by atoms with E-state index in [4.69, 9.17) is 0 Å². The van der Waals surface area contributed by atoms with Crippen molar-refractivity contribution in [1.82, 2.24) is 10.2 Å². The quantitative estimate of drug-likeness (QED) is 0.822. The molecule has 82 valence electrons. The molecule has 1 saturated heterocycles. The Bertz CT molecular complexity index is 304. The molecule has 2 heterocycles. The molecule has 1 aromatic heterocycles. The summed E-state index contributed by atoms with van der Waals surface area (Å²) in [5.74, 6) is 0. The molecule has 1 N–H and O–H groups in total. The predicted octanol–water partition coefficient (Wildman–Crippen LogP) is 2.44. The number of nitrogens with zero attached hydrogens (tertiary/aromatic N) is 1. The van der Waals surface area contributed by atoms with Gasteiger partial charge in [-0.2, -0.15) is 11.3 Å². The molecule has 0 spiro atoms. The zero-order valence-electron chi connectivity index (χ0n) is 8.74. The molecule has 0 bridgehead atoms. The van der Waals surface area contributed by atoms with Crippen molar-refractivity contribution in [3.05, 3.63) is 22.4 Å². The number of urea groups is 1. The third kappa shape index (κ3) is 2.96. The Labute approximate surface area is 94.1 Å². The summed E-state index contributed by atoms with van der Waals surface area (Å²) in [5, 5.41) is 7.04. The molecule has 2 amide bonds. The topological polar surface area (TPSA) is 32.3 Å². The monoisotopic (exact) mass is 224 g/mol. The van der Waals surface area contributed by atoms with E-state index in [1.54, 1.807) is 11.3 Å². The molecular formula is C11H16N2OS. The van der Waals surface area contributed by atoms with Crippen LogP contribution >= 0.6 is 11.3 Å². The predicted molar refractivity (Wildman–Crippen MR) is 62.0 cm³/mol. The fraction of sp³-hybridized carbons (Fsp3) is 0.545. The number of amides is 2. The SMILES string of the molecule is O=C(NCc1ccsc1)N1CCCCC1. The fourth-order valence-electron chi connectivity index (χ4n) is 1.78. The lowest BCUT2D eigenvalue weighted by molar-refractivity contribution is 0.186. The van der Waals surface area contributed by atoms with Gasteiger partial charge in [0, 0.05) is 19.6 Å². The van der Waals surface area contributed by atoms with Crippen LogP contribution in [-0.2, 0) is 6.54 Å². The highest BCUT2D eigenvalue weighted by Crippen LogP contribution is 2.09. The minimum atomic E-state index is 0.0842. The lowest BCUT2D eigenvalue weighted by Crippen LogP contribution is -2.42. The largest absolute Gasteiger partial charge is 0.334 e. The van der Waals surface area contributed by atoms with Crippen LogP contribution in [0.1, 0.15) is 24.8 Å². The summed E-state index contributed by atoms with van der Waals surface area (Å²) < 4.78 is 0. The van der Waals surface area contributed by atoms with Gasteiger partial charge in [0.1, 0.15) is 0 Å². The molecule has 0 radical (unpaired) electrons. The molecule has 1 aromatic rings. The van der Waals surface area contributed by atoms with Crippen molar-refractivity contribution in [3.8, 4) is 0 Å². The van der Waals surface area contributed by atoms with E-state index in [1.807, 2.05) is 16.3 Å². The Morgan fingerprint density at radius 3 is 2.87 bits per heavy atom. The molecule has 0 atom stereocenters. The zero-order chi connectivity index (χ0) is 10.5. The number of carbonyl (C=O) groups is 1. The molecule has 1 aliphatic heterocycles. The van der Waals surface area contributed by atoms with Crippen LogP contribution in [0.5, 0.6) is 0 Å². The number of piperidine rings is 1. The van der Waals surface area contributed by atoms with Crippen molar-refractivity contribution >= 4 is 17.4 Å². The van der Waals surface area contributed by atoms with E-state index in [9.17, 15) is 4.79 Å². The Morgan fingerprint density at radius 2 is 2.20 bits per heavy atom. The molecule has 0 aromatic carbocycles. The van der Waals surface area contributed by atoms with Gasteiger partial charge in [0.2, 0.25) is 0 Å². The summed E-state index contributed by atoms with van der Waals surface area (Å²) in [6.07, 6.45) is 3.55. The van der Waals surface area contributed by atoms with Gasteiger partial charge in [-0.25, -0.2) is 4.79 Å². The number of likely N-dealkylation sites (tertiary alicyclic amines) is 1. The fourth-order valence-corrected chi connectivity index (χ4v) is 2.45. The Hall–Kier alpha value is -1.03. The van der Waals surface area contributed by atoms with Crippen LogP contribution in [0.4, 0.5) is 4.79 Å². The summed E-state index contributed by atoms with van der Waals surface area (Å²) in [6, 6.07) is 2.13. The smallest absolute Gasteiger partial charge is 0.317 e. The van der Waals surface area contributed by atoms with Crippen LogP contribution in [-0.4, -0.2) is 24.0 Å². The van der Waals surface area contributed by atoms with Crippen molar-refractivity contribution < 1.29 is 4.79 Å². The lowest BCUT2D eigenvalue weighted by Gasteiger charge is -2.26. The molecule has 1 aliphatic rings. The molecule has 0 aliphatic carbocycles. The molecule has 4 heteroatoms. The van der Waals surface area contributed by atoms with E-state index in [0.717, 1.165) is 25.9 Å². The van der Waals surface area contributed by atoms with Gasteiger partial charge in [-0.15, -0.1) is 0 Å². The third-order valence-corrected chi connectivity index (χ3v) is 3.40. The van der Waals surface area contributed by atoms with Gasteiger partial charge in [-0.05, 0) is 41.7 Å². The van der Waals surface area contributed by atoms with E-state index in [0.29, 0.717) is 6.54 Å². The Balaban J connectivity index is 1.76. The van der Waals surface area contributed by atoms with E-state index < -0.39 is 0 Å². The van der Waals surface area contributed by atoms with Crippen molar-refractivity contribution in [2.24, 2.45) is 0 Å². The Kier molecular flexibility index (Phi) is 3.61. The second kappa shape index (κ2) is 5.16. The van der Waals surface area contributed by atoms with Gasteiger partial charge in [0.05, 0.1) is 0 Å². The average molecular weight is 224 g/mol. The van der Waals surface area contributed by atoms with Gasteiger partial charge in [0.15, 0.2) is 0 Å². The van der Waals surface area contributed by atoms with Crippen LogP contribution in [0.3, 0.4) is 0 Å². The zero-order valence-corrected chi connectivity index (χ0v) is 9.55. The first-order chi connectivity index (χ1) is 7.36. The van der Waals surface area contributed by atoms with Gasteiger partial charge >= 0.3 is 6.03 Å². The minimum absolute atomic E-state index is 0.0842. The molecule has 3 nitrogen and oxygen atoms in total. The molecule has 2 rings (SSSR count). The number of rotatable bonds is 2. The van der Waals surface area contributed by atoms with Crippen molar-refractivity contribution in [1.29, 1.82) is 0 Å². The number of hydrogen-bond donors (Lipinski definition) is 1. The maximum Gasteiger partial charge on any atom is 0.317 e. The van der Waals surface area contributed by atoms with Crippen LogP contribution in [0, 0.1) is 0 Å². The first-order valence-electron chi connectivity index (χ1n) is 5.40. The summed E-state index contributed by atoms with van der Waals surface area (Å²) in [6.45, 7) is 2.48. The molecule has 0 unspecified atom stereocenters. The minimum Gasteiger partial charge on any atom is -0.334 e.